The minimum absolute atomic E-state index is 0.0589. The maximum Gasteiger partial charge on any atom is 0.311 e. The molecule has 1 saturated carbocycles. The lowest BCUT2D eigenvalue weighted by molar-refractivity contribution is -0.143. The second-order valence-electron chi connectivity index (χ2n) is 7.42. The number of carbonyl (C=O) groups is 4. The molecule has 2 aliphatic heterocycles. The van der Waals surface area contributed by atoms with Gasteiger partial charge in [0, 0.05) is 12.1 Å². The van der Waals surface area contributed by atoms with Crippen LogP contribution in [0.5, 0.6) is 0 Å². The molecular weight excluding hydrogens is 348 g/mol. The number of benzene rings is 1. The molecule has 0 spiro atoms. The van der Waals surface area contributed by atoms with E-state index in [1.165, 1.54) is 12.0 Å². The highest BCUT2D eigenvalue weighted by Gasteiger charge is 2.62. The number of methoxy groups -OCH3 is 1. The van der Waals surface area contributed by atoms with Gasteiger partial charge in [0.15, 0.2) is 0 Å². The molecule has 27 heavy (non-hydrogen) atoms. The van der Waals surface area contributed by atoms with Crippen molar-refractivity contribution >= 4 is 23.7 Å². The van der Waals surface area contributed by atoms with Crippen molar-refractivity contribution < 1.29 is 23.9 Å². The molecule has 1 fully saturated rings. The molecule has 2 heterocycles. The lowest BCUT2D eigenvalue weighted by Gasteiger charge is -2.31. The van der Waals surface area contributed by atoms with Crippen LogP contribution in [-0.2, 0) is 14.3 Å². The Labute approximate surface area is 156 Å². The van der Waals surface area contributed by atoms with Crippen LogP contribution < -0.4 is 0 Å². The Hall–Kier alpha value is -2.96. The molecule has 0 N–H and O–H groups in total. The summed E-state index contributed by atoms with van der Waals surface area (Å²) < 4.78 is 4.79. The van der Waals surface area contributed by atoms with Crippen molar-refractivity contribution in [2.75, 3.05) is 7.11 Å². The molecule has 0 aromatic heterocycles. The summed E-state index contributed by atoms with van der Waals surface area (Å²) in [6, 6.07) is 5.35. The predicted molar refractivity (Wildman–Crippen MR) is 94.3 cm³/mol. The van der Waals surface area contributed by atoms with Crippen LogP contribution in [0.2, 0.25) is 0 Å². The number of imide groups is 1. The molecule has 1 aliphatic carbocycles. The highest BCUT2D eigenvalue weighted by Crippen LogP contribution is 2.50. The number of rotatable bonds is 4. The Kier molecular flexibility index (Phi) is 3.91. The third-order valence-electron chi connectivity index (χ3n) is 5.54. The van der Waals surface area contributed by atoms with Crippen LogP contribution >= 0.6 is 0 Å². The fraction of sp³-hybridized carbons (Fsp3) is 0.400. The SMILES string of the molecule is COC(=O)[C@H]1[C@@H]2C=CN(C(=O)[C@H](C(C)C)N3C(=O)c4ccccc4C3=O)[C@@H]21. The van der Waals surface area contributed by atoms with Gasteiger partial charge in [-0.15, -0.1) is 0 Å². The molecule has 1 aromatic carbocycles. The topological polar surface area (TPSA) is 84.0 Å². The second-order valence-corrected chi connectivity index (χ2v) is 7.42. The van der Waals surface area contributed by atoms with E-state index in [4.69, 9.17) is 4.74 Å². The number of esters is 1. The molecule has 3 amide bonds. The molecule has 7 nitrogen and oxygen atoms in total. The summed E-state index contributed by atoms with van der Waals surface area (Å²) in [5.41, 5.74) is 0.629. The van der Waals surface area contributed by atoms with Gasteiger partial charge in [-0.25, -0.2) is 0 Å². The number of ether oxygens (including phenoxy) is 1. The van der Waals surface area contributed by atoms with E-state index in [0.29, 0.717) is 11.1 Å². The van der Waals surface area contributed by atoms with Gasteiger partial charge in [0.25, 0.3) is 11.8 Å². The average molecular weight is 368 g/mol. The second kappa shape index (κ2) is 6.04. The molecular formula is C20H20N2O5. The molecule has 0 unspecified atom stereocenters. The van der Waals surface area contributed by atoms with Crippen LogP contribution in [0.25, 0.3) is 0 Å². The van der Waals surface area contributed by atoms with Gasteiger partial charge in [0.05, 0.1) is 30.2 Å². The Morgan fingerprint density at radius 1 is 1.07 bits per heavy atom. The first kappa shape index (κ1) is 17.5. The van der Waals surface area contributed by atoms with Crippen LogP contribution in [0.3, 0.4) is 0 Å². The van der Waals surface area contributed by atoms with E-state index in [0.717, 1.165) is 4.90 Å². The standard InChI is InChI=1S/C20H20N2O5/c1-10(2)15(22-17(23)11-6-4-5-7-12(11)18(22)24)19(25)21-9-8-13-14(16(13)21)20(26)27-3/h4-10,13-16H,1-3H3/t13-,14-,15-,16-/m0/s1. The maximum atomic E-state index is 13.3. The fourth-order valence-electron chi connectivity index (χ4n) is 4.16. The van der Waals surface area contributed by atoms with Crippen molar-refractivity contribution in [3.63, 3.8) is 0 Å². The zero-order valence-corrected chi connectivity index (χ0v) is 15.3. The third kappa shape index (κ3) is 2.41. The number of hydrogen-bond donors (Lipinski definition) is 0. The normalized spacial score (nSPS) is 26.3. The van der Waals surface area contributed by atoms with Crippen molar-refractivity contribution in [2.45, 2.75) is 25.9 Å². The molecule has 0 radical (unpaired) electrons. The zero-order valence-electron chi connectivity index (χ0n) is 15.3. The number of amides is 3. The molecule has 140 valence electrons. The van der Waals surface area contributed by atoms with Gasteiger partial charge in [-0.1, -0.05) is 32.1 Å². The van der Waals surface area contributed by atoms with Crippen LogP contribution in [0.15, 0.2) is 36.5 Å². The van der Waals surface area contributed by atoms with Gasteiger partial charge >= 0.3 is 5.97 Å². The Balaban J connectivity index is 1.63. The molecule has 0 saturated heterocycles. The molecule has 7 heteroatoms. The summed E-state index contributed by atoms with van der Waals surface area (Å²) in [6.07, 6.45) is 3.45. The van der Waals surface area contributed by atoms with Gasteiger partial charge in [-0.3, -0.25) is 24.1 Å². The molecule has 4 rings (SSSR count). The van der Waals surface area contributed by atoms with Crippen molar-refractivity contribution in [3.05, 3.63) is 47.7 Å². The summed E-state index contributed by atoms with van der Waals surface area (Å²) in [5.74, 6) is -2.33. The van der Waals surface area contributed by atoms with Crippen LogP contribution in [-0.4, -0.2) is 52.7 Å². The fourth-order valence-corrected chi connectivity index (χ4v) is 4.16. The quantitative estimate of drug-likeness (QED) is 0.593. The first-order valence-electron chi connectivity index (χ1n) is 8.93. The minimum atomic E-state index is -0.931. The first-order chi connectivity index (χ1) is 12.9. The number of hydrogen-bond acceptors (Lipinski definition) is 5. The van der Waals surface area contributed by atoms with Crippen molar-refractivity contribution in [3.8, 4) is 0 Å². The summed E-state index contributed by atoms with van der Waals surface area (Å²) in [6.45, 7) is 3.60. The van der Waals surface area contributed by atoms with Gasteiger partial charge in [-0.05, 0) is 18.1 Å². The molecule has 0 bridgehead atoms. The average Bonchev–Trinajstić information content (AvgIpc) is 3.11. The summed E-state index contributed by atoms with van der Waals surface area (Å²) >= 11 is 0. The molecule has 1 aromatic rings. The number of carbonyl (C=O) groups excluding carboxylic acids is 4. The zero-order chi connectivity index (χ0) is 19.5. The lowest BCUT2D eigenvalue weighted by atomic mass is 10.0. The predicted octanol–water partition coefficient (Wildman–Crippen LogP) is 1.45. The van der Waals surface area contributed by atoms with Crippen molar-refractivity contribution in [2.24, 2.45) is 17.8 Å². The largest absolute Gasteiger partial charge is 0.469 e. The Morgan fingerprint density at radius 3 is 2.19 bits per heavy atom. The van der Waals surface area contributed by atoms with Gasteiger partial charge in [-0.2, -0.15) is 0 Å². The van der Waals surface area contributed by atoms with E-state index < -0.39 is 17.9 Å². The van der Waals surface area contributed by atoms with E-state index in [1.54, 1.807) is 44.3 Å². The monoisotopic (exact) mass is 368 g/mol. The van der Waals surface area contributed by atoms with Crippen LogP contribution in [0.4, 0.5) is 0 Å². The highest BCUT2D eigenvalue weighted by molar-refractivity contribution is 6.23. The van der Waals surface area contributed by atoms with E-state index in [2.05, 4.69) is 0 Å². The third-order valence-corrected chi connectivity index (χ3v) is 5.54. The summed E-state index contributed by atoms with van der Waals surface area (Å²) in [4.78, 5) is 53.3. The van der Waals surface area contributed by atoms with Gasteiger partial charge in [0.2, 0.25) is 5.91 Å². The summed E-state index contributed by atoms with van der Waals surface area (Å²) in [5, 5.41) is 0. The molecule has 3 aliphatic rings. The van der Waals surface area contributed by atoms with E-state index in [-0.39, 0.29) is 35.7 Å². The van der Waals surface area contributed by atoms with Gasteiger partial charge < -0.3 is 9.64 Å². The lowest BCUT2D eigenvalue weighted by Crippen LogP contribution is -2.52. The molecule has 4 atom stereocenters. The van der Waals surface area contributed by atoms with E-state index in [9.17, 15) is 19.2 Å². The first-order valence-corrected chi connectivity index (χ1v) is 8.93. The smallest absolute Gasteiger partial charge is 0.311 e. The van der Waals surface area contributed by atoms with Gasteiger partial charge in [0.1, 0.15) is 6.04 Å². The summed E-state index contributed by atoms with van der Waals surface area (Å²) in [7, 11) is 1.32. The number of nitrogens with zero attached hydrogens (tertiary/aromatic N) is 2. The van der Waals surface area contributed by atoms with Crippen LogP contribution in [0.1, 0.15) is 34.6 Å². The van der Waals surface area contributed by atoms with Crippen molar-refractivity contribution in [1.82, 2.24) is 9.80 Å². The van der Waals surface area contributed by atoms with Crippen molar-refractivity contribution in [1.29, 1.82) is 0 Å². The number of fused-ring (bicyclic) bond motifs is 2. The van der Waals surface area contributed by atoms with E-state index >= 15 is 0 Å². The van der Waals surface area contributed by atoms with Crippen LogP contribution in [0, 0.1) is 17.8 Å². The Bertz CT molecular complexity index is 855. The maximum absolute atomic E-state index is 13.3. The minimum Gasteiger partial charge on any atom is -0.469 e. The Morgan fingerprint density at radius 2 is 1.67 bits per heavy atom. The highest BCUT2D eigenvalue weighted by atomic mass is 16.5. The van der Waals surface area contributed by atoms with E-state index in [1.807, 2.05) is 6.08 Å².